The molecular formula is C32H42N8O4. The molecule has 5 rings (SSSR count). The molecule has 0 aliphatic carbocycles. The number of fused-ring (bicyclic) bond motifs is 1. The number of nitrogens with one attached hydrogen (secondary N) is 2. The Hall–Kier alpha value is -4.45. The summed E-state index contributed by atoms with van der Waals surface area (Å²) in [7, 11) is 0. The van der Waals surface area contributed by atoms with Crippen LogP contribution in [0.1, 0.15) is 64.9 Å². The summed E-state index contributed by atoms with van der Waals surface area (Å²) in [6, 6.07) is 5.69. The van der Waals surface area contributed by atoms with Gasteiger partial charge in [0.1, 0.15) is 17.6 Å². The molecule has 1 fully saturated rings. The van der Waals surface area contributed by atoms with Crippen molar-refractivity contribution in [2.45, 2.75) is 66.3 Å². The van der Waals surface area contributed by atoms with E-state index in [1.165, 1.54) is 0 Å². The molecule has 44 heavy (non-hydrogen) atoms. The molecule has 3 N–H and O–H groups in total. The number of rotatable bonds is 6. The van der Waals surface area contributed by atoms with Gasteiger partial charge < -0.3 is 30.3 Å². The minimum atomic E-state index is -0.859. The lowest BCUT2D eigenvalue weighted by Gasteiger charge is -2.36. The fourth-order valence-electron chi connectivity index (χ4n) is 5.39. The number of anilines is 1. The maximum atomic E-state index is 13.6. The first kappa shape index (κ1) is 31.0. The van der Waals surface area contributed by atoms with Crippen LogP contribution in [0.5, 0.6) is 0 Å². The van der Waals surface area contributed by atoms with E-state index in [1.807, 2.05) is 66.7 Å². The van der Waals surface area contributed by atoms with Crippen molar-refractivity contribution in [3.05, 3.63) is 59.1 Å². The van der Waals surface area contributed by atoms with Gasteiger partial charge in [0, 0.05) is 61.8 Å². The van der Waals surface area contributed by atoms with Crippen LogP contribution in [0.3, 0.4) is 0 Å². The topological polar surface area (TPSA) is 138 Å². The monoisotopic (exact) mass is 602 g/mol. The Morgan fingerprint density at radius 2 is 1.86 bits per heavy atom. The normalized spacial score (nSPS) is 17.6. The van der Waals surface area contributed by atoms with Crippen LogP contribution in [0.15, 0.2) is 53.5 Å². The summed E-state index contributed by atoms with van der Waals surface area (Å²) >= 11 is 0. The number of hydrogen-bond donors (Lipinski definition) is 3. The molecule has 0 aromatic carbocycles. The summed E-state index contributed by atoms with van der Waals surface area (Å²) in [5.41, 5.74) is 4.39. The van der Waals surface area contributed by atoms with Gasteiger partial charge in [-0.3, -0.25) is 4.79 Å². The number of ether oxygens (including phenoxy) is 1. The molecule has 2 aliphatic rings. The Kier molecular flexibility index (Phi) is 8.64. The van der Waals surface area contributed by atoms with Gasteiger partial charge in [-0.1, -0.05) is 0 Å². The van der Waals surface area contributed by atoms with E-state index in [4.69, 9.17) is 14.7 Å². The van der Waals surface area contributed by atoms with Crippen molar-refractivity contribution >= 4 is 28.9 Å². The number of nitrogens with zero attached hydrogens (tertiary/aromatic N) is 6. The molecule has 1 unspecified atom stereocenters. The van der Waals surface area contributed by atoms with Gasteiger partial charge in [0.25, 0.3) is 5.91 Å². The van der Waals surface area contributed by atoms with Crippen LogP contribution >= 0.6 is 0 Å². The zero-order valence-corrected chi connectivity index (χ0v) is 26.5. The van der Waals surface area contributed by atoms with Gasteiger partial charge in [-0.05, 0) is 78.3 Å². The van der Waals surface area contributed by atoms with Crippen molar-refractivity contribution in [2.75, 3.05) is 37.6 Å². The van der Waals surface area contributed by atoms with Gasteiger partial charge in [-0.2, -0.15) is 5.10 Å². The van der Waals surface area contributed by atoms with Crippen molar-refractivity contribution in [1.29, 1.82) is 0 Å². The van der Waals surface area contributed by atoms with E-state index in [1.54, 1.807) is 28.0 Å². The van der Waals surface area contributed by atoms with Crippen LogP contribution in [-0.2, 0) is 4.74 Å². The van der Waals surface area contributed by atoms with Crippen LogP contribution < -0.4 is 15.5 Å². The zero-order chi connectivity index (χ0) is 31.8. The molecule has 0 bridgehead atoms. The van der Waals surface area contributed by atoms with Gasteiger partial charge in [0.05, 0.1) is 22.8 Å². The third kappa shape index (κ3) is 6.70. The quantitative estimate of drug-likeness (QED) is 0.382. The van der Waals surface area contributed by atoms with E-state index in [0.29, 0.717) is 54.0 Å². The van der Waals surface area contributed by atoms with E-state index in [9.17, 15) is 14.7 Å². The average molecular weight is 603 g/mol. The second-order valence-corrected chi connectivity index (χ2v) is 12.6. The zero-order valence-electron chi connectivity index (χ0n) is 26.5. The van der Waals surface area contributed by atoms with Crippen molar-refractivity contribution in [1.82, 2.24) is 35.3 Å². The molecule has 3 aromatic rings. The lowest BCUT2D eigenvalue weighted by atomic mass is 10.0. The fraction of sp³-hybridized carbons (Fsp3) is 0.469. The predicted molar refractivity (Wildman–Crippen MR) is 169 cm³/mol. The number of amides is 2. The molecule has 12 heteroatoms. The molecular weight excluding hydrogens is 560 g/mol. The van der Waals surface area contributed by atoms with Crippen molar-refractivity contribution in [3.63, 3.8) is 0 Å². The Labute approximate surface area is 257 Å². The number of pyridine rings is 2. The summed E-state index contributed by atoms with van der Waals surface area (Å²) in [6.45, 7) is 16.0. The van der Waals surface area contributed by atoms with Gasteiger partial charge >= 0.3 is 6.09 Å². The van der Waals surface area contributed by atoms with E-state index in [2.05, 4.69) is 20.6 Å². The van der Waals surface area contributed by atoms with E-state index >= 15 is 0 Å². The number of aromatic nitrogens is 4. The fourth-order valence-corrected chi connectivity index (χ4v) is 5.39. The number of aliphatic hydroxyl groups excluding tert-OH is 1. The lowest BCUT2D eigenvalue weighted by molar-refractivity contribution is 0.0240. The molecule has 0 radical (unpaired) electrons. The van der Waals surface area contributed by atoms with Crippen LogP contribution in [0, 0.1) is 0 Å². The molecule has 1 atom stereocenters. The molecule has 234 valence electrons. The van der Waals surface area contributed by atoms with Crippen molar-refractivity contribution in [3.8, 4) is 11.3 Å². The van der Waals surface area contributed by atoms with E-state index < -0.39 is 11.8 Å². The average Bonchev–Trinajstić information content (AvgIpc) is 3.40. The number of carbonyl (C=O) groups is 2. The van der Waals surface area contributed by atoms with Gasteiger partial charge in [0.15, 0.2) is 5.65 Å². The highest BCUT2D eigenvalue weighted by molar-refractivity contribution is 6.06. The standard InChI is InChI=1S/C32H42N8O4/c1-19(2)40-28-25(18-35-40)23(29(41)34-17-24-20(3)14-21(4)36-30(24)42)15-26(37-28)22-8-9-27(33-16-22)38-10-12-39(13-11-38)31(43)44-32(5,6)7/h8-9,14-16,18-19,30,36,42H,10-13,17H2,1-7H3,(H,34,41). The number of piperazine rings is 1. The summed E-state index contributed by atoms with van der Waals surface area (Å²) in [6.07, 6.45) is 4.22. The largest absolute Gasteiger partial charge is 0.444 e. The Morgan fingerprint density at radius 1 is 1.14 bits per heavy atom. The number of aliphatic hydroxyl groups is 1. The predicted octanol–water partition coefficient (Wildman–Crippen LogP) is 4.00. The summed E-state index contributed by atoms with van der Waals surface area (Å²) in [5.74, 6) is 0.518. The van der Waals surface area contributed by atoms with Crippen molar-refractivity contribution in [2.24, 2.45) is 0 Å². The summed E-state index contributed by atoms with van der Waals surface area (Å²) in [4.78, 5) is 39.5. The van der Waals surface area contributed by atoms with Crippen molar-refractivity contribution < 1.29 is 19.4 Å². The number of allylic oxidation sites excluding steroid dienone is 3. The summed E-state index contributed by atoms with van der Waals surface area (Å²) in [5, 5.41) is 21.6. The van der Waals surface area contributed by atoms with Gasteiger partial charge in [-0.15, -0.1) is 0 Å². The maximum Gasteiger partial charge on any atom is 0.410 e. The van der Waals surface area contributed by atoms with Gasteiger partial charge in [0.2, 0.25) is 0 Å². The Morgan fingerprint density at radius 3 is 2.48 bits per heavy atom. The first-order valence-electron chi connectivity index (χ1n) is 15.0. The SMILES string of the molecule is CC1=CC(C)=C(CNC(=O)c2cc(-c3ccc(N4CCN(C(=O)OC(C)(C)C)CC4)nc3)nc3c2cnn3C(C)C)C(O)N1. The molecule has 2 aliphatic heterocycles. The highest BCUT2D eigenvalue weighted by atomic mass is 16.6. The van der Waals surface area contributed by atoms with Crippen LogP contribution in [0.2, 0.25) is 0 Å². The molecule has 0 spiro atoms. The molecule has 5 heterocycles. The number of carbonyl (C=O) groups excluding carboxylic acids is 2. The maximum absolute atomic E-state index is 13.6. The second kappa shape index (κ2) is 12.3. The number of hydrogen-bond acceptors (Lipinski definition) is 9. The highest BCUT2D eigenvalue weighted by Gasteiger charge is 2.27. The van der Waals surface area contributed by atoms with E-state index in [-0.39, 0.29) is 24.6 Å². The second-order valence-electron chi connectivity index (χ2n) is 12.6. The van der Waals surface area contributed by atoms with E-state index in [0.717, 1.165) is 22.7 Å². The molecule has 0 saturated carbocycles. The summed E-state index contributed by atoms with van der Waals surface area (Å²) < 4.78 is 7.31. The number of dihydropyridines is 1. The Balaban J connectivity index is 1.36. The third-order valence-electron chi connectivity index (χ3n) is 7.67. The molecule has 12 nitrogen and oxygen atoms in total. The Bertz CT molecular complexity index is 1610. The first-order valence-corrected chi connectivity index (χ1v) is 15.0. The minimum Gasteiger partial charge on any atom is -0.444 e. The first-order chi connectivity index (χ1) is 20.8. The minimum absolute atomic E-state index is 0.0392. The van der Waals surface area contributed by atoms with Gasteiger partial charge in [-0.25, -0.2) is 19.4 Å². The highest BCUT2D eigenvalue weighted by Crippen LogP contribution is 2.28. The lowest BCUT2D eigenvalue weighted by Crippen LogP contribution is -2.50. The van der Waals surface area contributed by atoms with Crippen LogP contribution in [0.25, 0.3) is 22.3 Å². The molecule has 1 saturated heterocycles. The molecule has 2 amide bonds. The molecule has 3 aromatic heterocycles. The third-order valence-corrected chi connectivity index (χ3v) is 7.67. The van der Waals surface area contributed by atoms with Crippen LogP contribution in [0.4, 0.5) is 10.6 Å². The smallest absolute Gasteiger partial charge is 0.410 e. The van der Waals surface area contributed by atoms with Crippen LogP contribution in [-0.4, -0.2) is 86.3 Å².